The third kappa shape index (κ3) is 5.18. The number of aromatic nitrogens is 2. The van der Waals surface area contributed by atoms with Gasteiger partial charge in [-0.15, -0.1) is 0 Å². The van der Waals surface area contributed by atoms with Crippen LogP contribution in [-0.4, -0.2) is 64.0 Å². The summed E-state index contributed by atoms with van der Waals surface area (Å²) in [5.74, 6) is 0.513. The minimum Gasteiger partial charge on any atom is -0.496 e. The van der Waals surface area contributed by atoms with Crippen molar-refractivity contribution in [3.05, 3.63) is 46.8 Å². The third-order valence-corrected chi connectivity index (χ3v) is 7.05. The first-order valence-electron chi connectivity index (χ1n) is 12.3. The van der Waals surface area contributed by atoms with Crippen molar-refractivity contribution >= 4 is 17.7 Å². The molecule has 0 atom stereocenters. The zero-order valence-electron chi connectivity index (χ0n) is 21.0. The molecule has 4 rings (SSSR count). The van der Waals surface area contributed by atoms with Gasteiger partial charge >= 0.3 is 0 Å². The van der Waals surface area contributed by atoms with Crippen molar-refractivity contribution in [3.8, 4) is 5.75 Å². The van der Waals surface area contributed by atoms with E-state index < -0.39 is 0 Å². The third-order valence-electron chi connectivity index (χ3n) is 7.05. The SMILES string of the molecule is COc1ccccc1CNC(=O)C1CCN(C(=O)c2nn(C)c3c2CN(C(=O)C(C)C)CC3)CC1. The van der Waals surface area contributed by atoms with Gasteiger partial charge in [-0.25, -0.2) is 0 Å². The number of carbonyl (C=O) groups excluding carboxylic acids is 3. The predicted octanol–water partition coefficient (Wildman–Crippen LogP) is 2.14. The number of aryl methyl sites for hydroxylation is 1. The number of hydrogen-bond donors (Lipinski definition) is 1. The van der Waals surface area contributed by atoms with E-state index in [0.717, 1.165) is 22.6 Å². The first-order valence-corrected chi connectivity index (χ1v) is 12.3. The molecular formula is C26H35N5O4. The van der Waals surface area contributed by atoms with E-state index in [4.69, 9.17) is 4.74 Å². The van der Waals surface area contributed by atoms with E-state index in [1.165, 1.54) is 0 Å². The Morgan fingerprint density at radius 2 is 1.83 bits per heavy atom. The summed E-state index contributed by atoms with van der Waals surface area (Å²) in [5, 5.41) is 7.55. The quantitative estimate of drug-likeness (QED) is 0.682. The molecule has 1 fully saturated rings. The van der Waals surface area contributed by atoms with Gasteiger partial charge in [-0.3, -0.25) is 19.1 Å². The van der Waals surface area contributed by atoms with Crippen LogP contribution in [0.2, 0.25) is 0 Å². The minimum absolute atomic E-state index is 0.000982. The standard InChI is InChI=1S/C26H35N5O4/c1-17(2)25(33)31-14-11-21-20(16-31)23(28-29(21)3)26(34)30-12-9-18(10-13-30)24(32)27-15-19-7-5-6-8-22(19)35-4/h5-8,17-18H,9-16H2,1-4H3,(H,27,32). The van der Waals surface area contributed by atoms with Crippen LogP contribution in [0.3, 0.4) is 0 Å². The van der Waals surface area contributed by atoms with E-state index in [2.05, 4.69) is 10.4 Å². The molecule has 3 amide bonds. The molecule has 0 spiro atoms. The lowest BCUT2D eigenvalue weighted by molar-refractivity contribution is -0.135. The summed E-state index contributed by atoms with van der Waals surface area (Å²) < 4.78 is 7.13. The Kier molecular flexibility index (Phi) is 7.42. The number of ether oxygens (including phenoxy) is 1. The summed E-state index contributed by atoms with van der Waals surface area (Å²) in [7, 11) is 3.47. The maximum Gasteiger partial charge on any atom is 0.274 e. The fraction of sp³-hybridized carbons (Fsp3) is 0.538. The summed E-state index contributed by atoms with van der Waals surface area (Å²) >= 11 is 0. The van der Waals surface area contributed by atoms with E-state index in [0.29, 0.717) is 57.7 Å². The lowest BCUT2D eigenvalue weighted by Gasteiger charge is -2.32. The minimum atomic E-state index is -0.134. The van der Waals surface area contributed by atoms with Crippen LogP contribution in [-0.2, 0) is 36.1 Å². The van der Waals surface area contributed by atoms with Gasteiger partial charge in [0, 0.05) is 74.8 Å². The van der Waals surface area contributed by atoms with Crippen LogP contribution in [0.5, 0.6) is 5.75 Å². The normalized spacial score (nSPS) is 16.3. The van der Waals surface area contributed by atoms with Gasteiger partial charge in [-0.2, -0.15) is 5.10 Å². The first kappa shape index (κ1) is 24.8. The molecule has 3 heterocycles. The second-order valence-corrected chi connectivity index (χ2v) is 9.66. The number of rotatable bonds is 6. The topological polar surface area (TPSA) is 96.8 Å². The van der Waals surface area contributed by atoms with E-state index in [9.17, 15) is 14.4 Å². The summed E-state index contributed by atoms with van der Waals surface area (Å²) in [6, 6.07) is 7.63. The molecule has 1 aromatic carbocycles. The van der Waals surface area contributed by atoms with Gasteiger partial charge in [0.05, 0.1) is 7.11 Å². The molecule has 9 nitrogen and oxygen atoms in total. The summed E-state index contributed by atoms with van der Waals surface area (Å²) in [6.45, 7) is 6.27. The van der Waals surface area contributed by atoms with Crippen LogP contribution in [0.25, 0.3) is 0 Å². The van der Waals surface area contributed by atoms with E-state index in [1.54, 1.807) is 16.7 Å². The fourth-order valence-electron chi connectivity index (χ4n) is 4.99. The van der Waals surface area contributed by atoms with Crippen molar-refractivity contribution in [1.29, 1.82) is 0 Å². The van der Waals surface area contributed by atoms with E-state index in [-0.39, 0.29) is 29.6 Å². The number of piperidine rings is 1. The summed E-state index contributed by atoms with van der Waals surface area (Å²) in [5.41, 5.74) is 3.24. The Labute approximate surface area is 206 Å². The highest BCUT2D eigenvalue weighted by atomic mass is 16.5. The number of para-hydroxylation sites is 1. The lowest BCUT2D eigenvalue weighted by Crippen LogP contribution is -2.43. The first-order chi connectivity index (χ1) is 16.8. The molecule has 0 aliphatic carbocycles. The molecule has 0 saturated carbocycles. The number of nitrogens with one attached hydrogen (secondary N) is 1. The predicted molar refractivity (Wildman–Crippen MR) is 131 cm³/mol. The average Bonchev–Trinajstić information content (AvgIpc) is 3.22. The molecule has 2 aromatic rings. The van der Waals surface area contributed by atoms with Crippen molar-refractivity contribution < 1.29 is 19.1 Å². The molecule has 0 unspecified atom stereocenters. The molecule has 2 aliphatic heterocycles. The number of hydrogen-bond acceptors (Lipinski definition) is 5. The van der Waals surface area contributed by atoms with Crippen molar-refractivity contribution in [3.63, 3.8) is 0 Å². The zero-order chi connectivity index (χ0) is 25.1. The Balaban J connectivity index is 1.36. The smallest absolute Gasteiger partial charge is 0.274 e. The molecule has 2 aliphatic rings. The van der Waals surface area contributed by atoms with Gasteiger partial charge in [0.2, 0.25) is 11.8 Å². The fourth-order valence-corrected chi connectivity index (χ4v) is 4.99. The van der Waals surface area contributed by atoms with Gasteiger partial charge < -0.3 is 19.9 Å². The number of carbonyl (C=O) groups is 3. The van der Waals surface area contributed by atoms with Gasteiger partial charge in [0.1, 0.15) is 5.75 Å². The van der Waals surface area contributed by atoms with E-state index in [1.807, 2.05) is 50.1 Å². The molecule has 188 valence electrons. The zero-order valence-corrected chi connectivity index (χ0v) is 21.0. The maximum absolute atomic E-state index is 13.4. The number of nitrogens with zero attached hydrogens (tertiary/aromatic N) is 4. The number of amides is 3. The van der Waals surface area contributed by atoms with Crippen LogP contribution in [0.15, 0.2) is 24.3 Å². The lowest BCUT2D eigenvalue weighted by atomic mass is 9.95. The number of fused-ring (bicyclic) bond motifs is 1. The second kappa shape index (κ2) is 10.5. The second-order valence-electron chi connectivity index (χ2n) is 9.66. The molecule has 1 saturated heterocycles. The highest BCUT2D eigenvalue weighted by Gasteiger charge is 2.34. The van der Waals surface area contributed by atoms with Crippen LogP contribution in [0, 0.1) is 11.8 Å². The Morgan fingerprint density at radius 1 is 1.11 bits per heavy atom. The van der Waals surface area contributed by atoms with Gasteiger partial charge in [0.25, 0.3) is 5.91 Å². The number of benzene rings is 1. The largest absolute Gasteiger partial charge is 0.496 e. The van der Waals surface area contributed by atoms with Gasteiger partial charge in [0.15, 0.2) is 5.69 Å². The average molecular weight is 482 g/mol. The maximum atomic E-state index is 13.4. The summed E-state index contributed by atoms with van der Waals surface area (Å²) in [4.78, 5) is 42.3. The molecule has 1 aromatic heterocycles. The Morgan fingerprint density at radius 3 is 2.51 bits per heavy atom. The van der Waals surface area contributed by atoms with Crippen molar-refractivity contribution in [2.24, 2.45) is 18.9 Å². The number of methoxy groups -OCH3 is 1. The van der Waals surface area contributed by atoms with Crippen molar-refractivity contribution in [1.82, 2.24) is 24.9 Å². The number of likely N-dealkylation sites (tertiary alicyclic amines) is 1. The van der Waals surface area contributed by atoms with Crippen LogP contribution in [0.1, 0.15) is 54.0 Å². The highest BCUT2D eigenvalue weighted by Crippen LogP contribution is 2.26. The van der Waals surface area contributed by atoms with Crippen molar-refractivity contribution in [2.45, 2.75) is 46.2 Å². The Hall–Kier alpha value is -3.36. The van der Waals surface area contributed by atoms with Crippen LogP contribution >= 0.6 is 0 Å². The molecule has 1 N–H and O–H groups in total. The summed E-state index contributed by atoms with van der Waals surface area (Å²) in [6.07, 6.45) is 1.91. The molecule has 9 heteroatoms. The Bertz CT molecular complexity index is 1100. The van der Waals surface area contributed by atoms with Gasteiger partial charge in [-0.1, -0.05) is 32.0 Å². The molecule has 0 bridgehead atoms. The van der Waals surface area contributed by atoms with Crippen LogP contribution in [0.4, 0.5) is 0 Å². The highest BCUT2D eigenvalue weighted by molar-refractivity contribution is 5.94. The van der Waals surface area contributed by atoms with Crippen LogP contribution < -0.4 is 10.1 Å². The van der Waals surface area contributed by atoms with Gasteiger partial charge in [-0.05, 0) is 18.9 Å². The molecule has 0 radical (unpaired) electrons. The monoisotopic (exact) mass is 481 g/mol. The molecule has 35 heavy (non-hydrogen) atoms. The van der Waals surface area contributed by atoms with Crippen molar-refractivity contribution in [2.75, 3.05) is 26.7 Å². The molecular weight excluding hydrogens is 446 g/mol. The van der Waals surface area contributed by atoms with E-state index >= 15 is 0 Å².